The maximum Gasteiger partial charge on any atom is 0.226 e. The summed E-state index contributed by atoms with van der Waals surface area (Å²) in [6.07, 6.45) is 3.35. The minimum Gasteiger partial charge on any atom is -0.467 e. The van der Waals surface area contributed by atoms with E-state index < -0.39 is 0 Å². The highest BCUT2D eigenvalue weighted by atomic mass is 16.3. The Morgan fingerprint density at radius 2 is 2.33 bits per heavy atom. The van der Waals surface area contributed by atoms with Crippen LogP contribution in [0.25, 0.3) is 0 Å². The molecule has 2 rings (SSSR count). The first kappa shape index (κ1) is 12.2. The molecule has 0 saturated heterocycles. The van der Waals surface area contributed by atoms with Crippen LogP contribution in [0.15, 0.2) is 41.1 Å². The van der Waals surface area contributed by atoms with Gasteiger partial charge in [0.05, 0.1) is 30.6 Å². The first-order chi connectivity index (χ1) is 8.65. The largest absolute Gasteiger partial charge is 0.467 e. The SMILES string of the molecule is C[C@H](NC(=O)Cc1ccc(N)cn1)c1ccco1. The van der Waals surface area contributed by atoms with Gasteiger partial charge in [0, 0.05) is 5.69 Å². The van der Waals surface area contributed by atoms with E-state index in [4.69, 9.17) is 10.2 Å². The molecule has 5 nitrogen and oxygen atoms in total. The van der Waals surface area contributed by atoms with Crippen LogP contribution < -0.4 is 11.1 Å². The highest BCUT2D eigenvalue weighted by Gasteiger charge is 2.12. The summed E-state index contributed by atoms with van der Waals surface area (Å²) in [4.78, 5) is 15.9. The Balaban J connectivity index is 1.91. The number of aromatic nitrogens is 1. The third-order valence-electron chi connectivity index (χ3n) is 2.54. The third-order valence-corrected chi connectivity index (χ3v) is 2.54. The smallest absolute Gasteiger partial charge is 0.226 e. The standard InChI is InChI=1S/C13H15N3O2/c1-9(12-3-2-6-18-12)16-13(17)7-11-5-4-10(14)8-15-11/h2-6,8-9H,7,14H2,1H3,(H,16,17)/t9-/m0/s1. The van der Waals surface area contributed by atoms with Gasteiger partial charge in [-0.3, -0.25) is 9.78 Å². The molecular weight excluding hydrogens is 230 g/mol. The summed E-state index contributed by atoms with van der Waals surface area (Å²) in [5.74, 6) is 0.629. The van der Waals surface area contributed by atoms with E-state index in [0.717, 1.165) is 5.76 Å². The van der Waals surface area contributed by atoms with E-state index in [2.05, 4.69) is 10.3 Å². The fourth-order valence-electron chi connectivity index (χ4n) is 1.61. The van der Waals surface area contributed by atoms with Gasteiger partial charge in [-0.15, -0.1) is 0 Å². The second-order valence-corrected chi connectivity index (χ2v) is 4.06. The Morgan fingerprint density at radius 1 is 1.50 bits per heavy atom. The number of hydrogen-bond donors (Lipinski definition) is 2. The lowest BCUT2D eigenvalue weighted by atomic mass is 10.2. The van der Waals surface area contributed by atoms with Gasteiger partial charge in [0.1, 0.15) is 5.76 Å². The lowest BCUT2D eigenvalue weighted by molar-refractivity contribution is -0.121. The Bertz CT molecular complexity index is 506. The van der Waals surface area contributed by atoms with Crippen LogP contribution in [-0.4, -0.2) is 10.9 Å². The molecule has 0 aromatic carbocycles. The molecule has 0 radical (unpaired) electrons. The number of hydrogen-bond acceptors (Lipinski definition) is 4. The van der Waals surface area contributed by atoms with E-state index >= 15 is 0 Å². The summed E-state index contributed by atoms with van der Waals surface area (Å²) in [6.45, 7) is 1.87. The average Bonchev–Trinajstić information content (AvgIpc) is 2.85. The fourth-order valence-corrected chi connectivity index (χ4v) is 1.61. The second-order valence-electron chi connectivity index (χ2n) is 4.06. The van der Waals surface area contributed by atoms with Crippen molar-refractivity contribution >= 4 is 11.6 Å². The molecular formula is C13H15N3O2. The minimum absolute atomic E-state index is 0.101. The zero-order valence-corrected chi connectivity index (χ0v) is 10.1. The molecule has 0 aliphatic carbocycles. The number of anilines is 1. The van der Waals surface area contributed by atoms with Crippen molar-refractivity contribution in [2.45, 2.75) is 19.4 Å². The molecule has 0 aliphatic rings. The Labute approximate surface area is 105 Å². The molecule has 1 amide bonds. The van der Waals surface area contributed by atoms with Crippen molar-refractivity contribution in [3.05, 3.63) is 48.2 Å². The van der Waals surface area contributed by atoms with Crippen molar-refractivity contribution in [2.75, 3.05) is 5.73 Å². The number of carbonyl (C=O) groups is 1. The number of nitrogens with zero attached hydrogens (tertiary/aromatic N) is 1. The summed E-state index contributed by atoms with van der Waals surface area (Å²) >= 11 is 0. The van der Waals surface area contributed by atoms with Gasteiger partial charge in [-0.05, 0) is 31.2 Å². The van der Waals surface area contributed by atoms with Gasteiger partial charge >= 0.3 is 0 Å². The summed E-state index contributed by atoms with van der Waals surface area (Å²) in [5.41, 5.74) is 6.80. The van der Waals surface area contributed by atoms with E-state index in [-0.39, 0.29) is 18.4 Å². The number of furan rings is 1. The number of pyridine rings is 1. The zero-order chi connectivity index (χ0) is 13.0. The lowest BCUT2D eigenvalue weighted by Crippen LogP contribution is -2.28. The van der Waals surface area contributed by atoms with Gasteiger partial charge in [0.15, 0.2) is 0 Å². The quantitative estimate of drug-likeness (QED) is 0.858. The molecule has 18 heavy (non-hydrogen) atoms. The summed E-state index contributed by atoms with van der Waals surface area (Å²) in [7, 11) is 0. The molecule has 0 saturated carbocycles. The van der Waals surface area contributed by atoms with Crippen LogP contribution in [0.2, 0.25) is 0 Å². The Kier molecular flexibility index (Phi) is 3.62. The highest BCUT2D eigenvalue weighted by Crippen LogP contribution is 2.12. The lowest BCUT2D eigenvalue weighted by Gasteiger charge is -2.11. The second kappa shape index (κ2) is 5.35. The van der Waals surface area contributed by atoms with Crippen molar-refractivity contribution in [1.82, 2.24) is 10.3 Å². The van der Waals surface area contributed by atoms with E-state index in [0.29, 0.717) is 11.4 Å². The molecule has 2 aromatic heterocycles. The normalized spacial score (nSPS) is 12.1. The molecule has 0 aliphatic heterocycles. The fraction of sp³-hybridized carbons (Fsp3) is 0.231. The van der Waals surface area contributed by atoms with Gasteiger partial charge in [-0.1, -0.05) is 0 Å². The van der Waals surface area contributed by atoms with Gasteiger partial charge in [-0.25, -0.2) is 0 Å². The maximum absolute atomic E-state index is 11.8. The summed E-state index contributed by atoms with van der Waals surface area (Å²) in [6, 6.07) is 6.94. The van der Waals surface area contributed by atoms with Crippen LogP contribution in [-0.2, 0) is 11.2 Å². The first-order valence-corrected chi connectivity index (χ1v) is 5.68. The molecule has 5 heteroatoms. The number of carbonyl (C=O) groups excluding carboxylic acids is 1. The third kappa shape index (κ3) is 3.10. The molecule has 0 unspecified atom stereocenters. The van der Waals surface area contributed by atoms with Crippen LogP contribution in [0.1, 0.15) is 24.4 Å². The van der Waals surface area contributed by atoms with Crippen LogP contribution >= 0.6 is 0 Å². The predicted octanol–water partition coefficient (Wildman–Crippen LogP) is 1.68. The van der Waals surface area contributed by atoms with Crippen molar-refractivity contribution in [1.29, 1.82) is 0 Å². The topological polar surface area (TPSA) is 81.2 Å². The minimum atomic E-state index is -0.152. The van der Waals surface area contributed by atoms with Crippen molar-refractivity contribution in [3.63, 3.8) is 0 Å². The van der Waals surface area contributed by atoms with Crippen LogP contribution in [0.4, 0.5) is 5.69 Å². The van der Waals surface area contributed by atoms with Crippen molar-refractivity contribution in [3.8, 4) is 0 Å². The zero-order valence-electron chi connectivity index (χ0n) is 10.1. The number of nitrogen functional groups attached to an aromatic ring is 1. The van der Waals surface area contributed by atoms with Gasteiger partial charge in [-0.2, -0.15) is 0 Å². The molecule has 2 heterocycles. The summed E-state index contributed by atoms with van der Waals surface area (Å²) < 4.78 is 5.22. The molecule has 0 fully saturated rings. The predicted molar refractivity (Wildman–Crippen MR) is 67.6 cm³/mol. The van der Waals surface area contributed by atoms with E-state index in [9.17, 15) is 4.79 Å². The van der Waals surface area contributed by atoms with Crippen LogP contribution in [0.3, 0.4) is 0 Å². The van der Waals surface area contributed by atoms with Crippen LogP contribution in [0, 0.1) is 0 Å². The van der Waals surface area contributed by atoms with Crippen molar-refractivity contribution in [2.24, 2.45) is 0 Å². The highest BCUT2D eigenvalue weighted by molar-refractivity contribution is 5.78. The van der Waals surface area contributed by atoms with Crippen LogP contribution in [0.5, 0.6) is 0 Å². The van der Waals surface area contributed by atoms with Crippen molar-refractivity contribution < 1.29 is 9.21 Å². The average molecular weight is 245 g/mol. The molecule has 1 atom stereocenters. The van der Waals surface area contributed by atoms with Gasteiger partial charge in [0.25, 0.3) is 0 Å². The first-order valence-electron chi connectivity index (χ1n) is 5.68. The van der Waals surface area contributed by atoms with E-state index in [1.165, 1.54) is 0 Å². The van der Waals surface area contributed by atoms with Gasteiger partial charge < -0.3 is 15.5 Å². The molecule has 0 bridgehead atoms. The molecule has 0 spiro atoms. The number of amides is 1. The Hall–Kier alpha value is -2.30. The summed E-state index contributed by atoms with van der Waals surface area (Å²) in [5, 5.41) is 2.84. The Morgan fingerprint density at radius 3 is 2.94 bits per heavy atom. The van der Waals surface area contributed by atoms with E-state index in [1.807, 2.05) is 13.0 Å². The van der Waals surface area contributed by atoms with Gasteiger partial charge in [0.2, 0.25) is 5.91 Å². The monoisotopic (exact) mass is 245 g/mol. The van der Waals surface area contributed by atoms with E-state index in [1.54, 1.807) is 30.7 Å². The molecule has 94 valence electrons. The molecule has 3 N–H and O–H groups in total. The number of rotatable bonds is 4. The number of nitrogens with two attached hydrogens (primary N) is 1. The maximum atomic E-state index is 11.8. The number of nitrogens with one attached hydrogen (secondary N) is 1. The molecule has 2 aromatic rings.